The van der Waals surface area contributed by atoms with Gasteiger partial charge in [-0.15, -0.1) is 0 Å². The van der Waals surface area contributed by atoms with E-state index in [1.165, 1.54) is 5.56 Å². The predicted molar refractivity (Wildman–Crippen MR) is 116 cm³/mol. The van der Waals surface area contributed by atoms with Crippen LogP contribution in [0.1, 0.15) is 25.0 Å². The Balaban J connectivity index is 1.93. The van der Waals surface area contributed by atoms with Gasteiger partial charge in [-0.25, -0.2) is 0 Å². The van der Waals surface area contributed by atoms with E-state index in [9.17, 15) is 5.11 Å². The fourth-order valence-corrected chi connectivity index (χ4v) is 3.18. The lowest BCUT2D eigenvalue weighted by molar-refractivity contribution is -0.149. The molecule has 2 rings (SSSR count). The summed E-state index contributed by atoms with van der Waals surface area (Å²) in [6.45, 7) is 9.28. The Bertz CT molecular complexity index is 674. The van der Waals surface area contributed by atoms with Crippen molar-refractivity contribution in [3.63, 3.8) is 0 Å². The molecule has 0 aliphatic heterocycles. The van der Waals surface area contributed by atoms with Crippen molar-refractivity contribution < 1.29 is 19.3 Å². The van der Waals surface area contributed by atoms with Gasteiger partial charge in [0.25, 0.3) is 0 Å². The van der Waals surface area contributed by atoms with Gasteiger partial charge in [0.15, 0.2) is 6.29 Å². The lowest BCUT2D eigenvalue weighted by Crippen LogP contribution is -2.42. The number of benzene rings is 2. The molecule has 5 nitrogen and oxygen atoms in total. The molecule has 0 bridgehead atoms. The summed E-state index contributed by atoms with van der Waals surface area (Å²) < 4.78 is 17.3. The molecule has 29 heavy (non-hydrogen) atoms. The highest BCUT2D eigenvalue weighted by molar-refractivity contribution is 5.31. The number of aliphatic hydroxyl groups excluding tert-OH is 1. The summed E-state index contributed by atoms with van der Waals surface area (Å²) in [5.74, 6) is 0.809. The fourth-order valence-electron chi connectivity index (χ4n) is 3.18. The van der Waals surface area contributed by atoms with Crippen molar-refractivity contribution in [1.82, 2.24) is 4.90 Å². The number of nitrogens with zero attached hydrogens (tertiary/aromatic N) is 1. The van der Waals surface area contributed by atoms with Crippen molar-refractivity contribution in [1.29, 1.82) is 0 Å². The van der Waals surface area contributed by atoms with Gasteiger partial charge in [0, 0.05) is 32.8 Å². The average molecular weight is 402 g/mol. The molecule has 0 spiro atoms. The Labute approximate surface area is 175 Å². The van der Waals surface area contributed by atoms with E-state index >= 15 is 0 Å². The van der Waals surface area contributed by atoms with Crippen molar-refractivity contribution in [2.75, 3.05) is 39.5 Å². The molecule has 0 saturated heterocycles. The molecule has 0 aliphatic rings. The molecule has 0 heterocycles. The number of ether oxygens (including phenoxy) is 3. The zero-order valence-corrected chi connectivity index (χ0v) is 17.9. The van der Waals surface area contributed by atoms with Gasteiger partial charge >= 0.3 is 0 Å². The van der Waals surface area contributed by atoms with E-state index in [4.69, 9.17) is 14.2 Å². The maximum Gasteiger partial charge on any atom is 0.170 e. The second-order valence-electron chi connectivity index (χ2n) is 7.07. The van der Waals surface area contributed by atoms with Crippen LogP contribution >= 0.6 is 0 Å². The van der Waals surface area contributed by atoms with Crippen LogP contribution in [0.3, 0.4) is 0 Å². The summed E-state index contributed by atoms with van der Waals surface area (Å²) in [7, 11) is 0. The molecule has 160 valence electrons. The molecule has 0 radical (unpaired) electrons. The number of hydrogen-bond acceptors (Lipinski definition) is 5. The zero-order valence-electron chi connectivity index (χ0n) is 17.9. The van der Waals surface area contributed by atoms with Crippen molar-refractivity contribution in [2.45, 2.75) is 39.6 Å². The topological polar surface area (TPSA) is 51.2 Å². The summed E-state index contributed by atoms with van der Waals surface area (Å²) in [5, 5.41) is 10.6. The minimum atomic E-state index is -0.603. The normalized spacial score (nSPS) is 12.5. The Hall–Kier alpha value is -1.92. The molecule has 0 amide bonds. The largest absolute Gasteiger partial charge is 0.491 e. The van der Waals surface area contributed by atoms with Crippen molar-refractivity contribution in [2.24, 2.45) is 0 Å². The van der Waals surface area contributed by atoms with Crippen molar-refractivity contribution in [3.8, 4) is 5.75 Å². The minimum absolute atomic E-state index is 0.251. The number of aliphatic hydroxyl groups is 1. The van der Waals surface area contributed by atoms with E-state index in [0.717, 1.165) is 24.3 Å². The van der Waals surface area contributed by atoms with Gasteiger partial charge in [-0.1, -0.05) is 48.5 Å². The highest BCUT2D eigenvalue weighted by atomic mass is 16.7. The average Bonchev–Trinajstić information content (AvgIpc) is 2.72. The van der Waals surface area contributed by atoms with Gasteiger partial charge in [0.1, 0.15) is 18.5 Å². The first-order valence-electron chi connectivity index (χ1n) is 10.5. The van der Waals surface area contributed by atoms with Crippen LogP contribution in [-0.4, -0.2) is 61.9 Å². The molecule has 5 heteroatoms. The third-order valence-corrected chi connectivity index (χ3v) is 4.67. The van der Waals surface area contributed by atoms with Crippen LogP contribution in [0.4, 0.5) is 0 Å². The minimum Gasteiger partial charge on any atom is -0.491 e. The Morgan fingerprint density at radius 2 is 1.55 bits per heavy atom. The summed E-state index contributed by atoms with van der Waals surface area (Å²) in [4.78, 5) is 2.19. The smallest absolute Gasteiger partial charge is 0.170 e. The highest BCUT2D eigenvalue weighted by Crippen LogP contribution is 2.16. The van der Waals surface area contributed by atoms with Gasteiger partial charge in [0.05, 0.1) is 0 Å². The lowest BCUT2D eigenvalue weighted by Gasteiger charge is -2.29. The van der Waals surface area contributed by atoms with Crippen LogP contribution in [0.25, 0.3) is 0 Å². The third kappa shape index (κ3) is 8.96. The van der Waals surface area contributed by atoms with E-state index in [1.54, 1.807) is 0 Å². The van der Waals surface area contributed by atoms with Gasteiger partial charge < -0.3 is 19.3 Å². The Morgan fingerprint density at radius 1 is 0.897 bits per heavy atom. The standard InChI is InChI=1S/C24H35NO4/c1-4-27-24(28-5-2)18-25(16-15-21-12-7-6-8-13-21)17-22(26)19-29-23-14-10-9-11-20(23)3/h6-14,22,24,26H,4-5,15-19H2,1-3H3. The summed E-state index contributed by atoms with van der Waals surface area (Å²) >= 11 is 0. The second kappa shape index (κ2) is 13.3. The van der Waals surface area contributed by atoms with Crippen LogP contribution in [-0.2, 0) is 15.9 Å². The van der Waals surface area contributed by atoms with Gasteiger partial charge in [-0.3, -0.25) is 4.90 Å². The monoisotopic (exact) mass is 401 g/mol. The molecule has 0 saturated carbocycles. The fraction of sp³-hybridized carbons (Fsp3) is 0.500. The molecular weight excluding hydrogens is 366 g/mol. The molecule has 0 fully saturated rings. The van der Waals surface area contributed by atoms with Crippen LogP contribution < -0.4 is 4.74 Å². The maximum atomic E-state index is 10.6. The first-order chi connectivity index (χ1) is 14.1. The van der Waals surface area contributed by atoms with Crippen molar-refractivity contribution >= 4 is 0 Å². The van der Waals surface area contributed by atoms with Crippen LogP contribution in [0, 0.1) is 6.92 Å². The summed E-state index contributed by atoms with van der Waals surface area (Å²) in [5.41, 5.74) is 2.33. The highest BCUT2D eigenvalue weighted by Gasteiger charge is 2.18. The zero-order chi connectivity index (χ0) is 20.9. The second-order valence-corrected chi connectivity index (χ2v) is 7.07. The van der Waals surface area contributed by atoms with Crippen LogP contribution in [0.2, 0.25) is 0 Å². The van der Waals surface area contributed by atoms with Crippen LogP contribution in [0.15, 0.2) is 54.6 Å². The third-order valence-electron chi connectivity index (χ3n) is 4.67. The van der Waals surface area contributed by atoms with E-state index in [-0.39, 0.29) is 12.9 Å². The molecule has 0 aromatic heterocycles. The van der Waals surface area contributed by atoms with Gasteiger partial charge in [-0.2, -0.15) is 0 Å². The molecule has 1 atom stereocenters. The number of hydrogen-bond donors (Lipinski definition) is 1. The van der Waals surface area contributed by atoms with Gasteiger partial charge in [0.2, 0.25) is 0 Å². The quantitative estimate of drug-likeness (QED) is 0.490. The molecule has 1 unspecified atom stereocenters. The first kappa shape index (κ1) is 23.4. The van der Waals surface area contributed by atoms with E-state index in [1.807, 2.05) is 63.2 Å². The Kier molecular flexibility index (Phi) is 10.7. The summed E-state index contributed by atoms with van der Waals surface area (Å²) in [6, 6.07) is 18.2. The van der Waals surface area contributed by atoms with Crippen molar-refractivity contribution in [3.05, 3.63) is 65.7 Å². The van der Waals surface area contributed by atoms with E-state index in [2.05, 4.69) is 17.0 Å². The number of aryl methyl sites for hydroxylation is 1. The Morgan fingerprint density at radius 3 is 2.21 bits per heavy atom. The van der Waals surface area contributed by atoms with Gasteiger partial charge in [-0.05, 0) is 44.4 Å². The summed E-state index contributed by atoms with van der Waals surface area (Å²) in [6.07, 6.45) is -0.00322. The molecule has 2 aromatic carbocycles. The lowest BCUT2D eigenvalue weighted by atomic mass is 10.1. The van der Waals surface area contributed by atoms with E-state index in [0.29, 0.717) is 26.3 Å². The molecular formula is C24H35NO4. The molecule has 0 aliphatic carbocycles. The van der Waals surface area contributed by atoms with E-state index < -0.39 is 6.10 Å². The molecule has 2 aromatic rings. The predicted octanol–water partition coefficient (Wildman–Crippen LogP) is 3.68. The number of para-hydroxylation sites is 1. The van der Waals surface area contributed by atoms with Crippen LogP contribution in [0.5, 0.6) is 5.75 Å². The number of rotatable bonds is 14. The maximum absolute atomic E-state index is 10.6. The molecule has 1 N–H and O–H groups in total. The first-order valence-corrected chi connectivity index (χ1v) is 10.5. The SMILES string of the molecule is CCOC(CN(CCc1ccccc1)CC(O)COc1ccccc1C)OCC.